The summed E-state index contributed by atoms with van der Waals surface area (Å²) in [5.41, 5.74) is -0.957. The molecule has 1 unspecified atom stereocenters. The number of hydrogen-bond donors (Lipinski definition) is 4. The van der Waals surface area contributed by atoms with Crippen LogP contribution in [0.5, 0.6) is 0 Å². The van der Waals surface area contributed by atoms with Crippen molar-refractivity contribution in [3.8, 4) is 0 Å². The minimum atomic E-state index is -3.56. The molecule has 1 aliphatic heterocycles. The van der Waals surface area contributed by atoms with Crippen LogP contribution in [0, 0.1) is 28.6 Å². The van der Waals surface area contributed by atoms with Crippen LogP contribution in [0.2, 0.25) is 0 Å². The Morgan fingerprint density at radius 3 is 2.15 bits per heavy atom. The van der Waals surface area contributed by atoms with E-state index in [9.17, 15) is 32.4 Å². The van der Waals surface area contributed by atoms with Gasteiger partial charge in [-0.15, -0.1) is 6.58 Å². The van der Waals surface area contributed by atoms with E-state index in [1.54, 1.807) is 20.8 Å². The first kappa shape index (κ1) is 37.9. The molecule has 0 spiro atoms. The number of rotatable bonds is 12. The molecule has 0 bridgehead atoms. The van der Waals surface area contributed by atoms with Gasteiger partial charge in [0, 0.05) is 19.1 Å². The number of carbonyl (C=O) groups excluding carboxylic acids is 5. The monoisotopic (exact) mass is 691 g/mol. The molecule has 5 amide bonds. The third-order valence-electron chi connectivity index (χ3n) is 10.9. The molecule has 4 aliphatic rings. The van der Waals surface area contributed by atoms with Gasteiger partial charge in [0.1, 0.15) is 12.1 Å². The van der Waals surface area contributed by atoms with Crippen LogP contribution in [0.3, 0.4) is 0 Å². The predicted octanol–water partition coefficient (Wildman–Crippen LogP) is 2.86. The van der Waals surface area contributed by atoms with Gasteiger partial charge in [0.2, 0.25) is 17.6 Å². The summed E-state index contributed by atoms with van der Waals surface area (Å²) in [5.74, 6) is -2.25. The summed E-state index contributed by atoms with van der Waals surface area (Å²) in [5, 5.41) is 10.3. The molecule has 270 valence electrons. The van der Waals surface area contributed by atoms with Crippen LogP contribution in [0.4, 0.5) is 4.79 Å². The van der Waals surface area contributed by atoms with Crippen molar-refractivity contribution in [2.75, 3.05) is 13.1 Å². The van der Waals surface area contributed by atoms with Crippen molar-refractivity contribution in [2.45, 2.75) is 134 Å². The first-order valence-electron chi connectivity index (χ1n) is 17.5. The first-order chi connectivity index (χ1) is 22.1. The predicted molar refractivity (Wildman–Crippen MR) is 183 cm³/mol. The molecule has 4 rings (SSSR count). The van der Waals surface area contributed by atoms with E-state index in [0.29, 0.717) is 25.8 Å². The summed E-state index contributed by atoms with van der Waals surface area (Å²) in [4.78, 5) is 69.1. The smallest absolute Gasteiger partial charge is 0.315 e. The van der Waals surface area contributed by atoms with Gasteiger partial charge in [0.25, 0.3) is 5.91 Å². The molecule has 12 nitrogen and oxygen atoms in total. The Balaban J connectivity index is 1.53. The Morgan fingerprint density at radius 2 is 1.58 bits per heavy atom. The molecule has 3 aliphatic carbocycles. The van der Waals surface area contributed by atoms with Gasteiger partial charge in [0.05, 0.1) is 16.0 Å². The minimum absolute atomic E-state index is 0.0609. The zero-order chi connectivity index (χ0) is 36.0. The Labute approximate surface area is 286 Å². The van der Waals surface area contributed by atoms with Gasteiger partial charge in [-0.25, -0.2) is 13.2 Å². The zero-order valence-corrected chi connectivity index (χ0v) is 30.8. The number of carbonyl (C=O) groups is 5. The van der Waals surface area contributed by atoms with Gasteiger partial charge in [-0.3, -0.25) is 19.2 Å². The molecule has 1 saturated heterocycles. The highest BCUT2D eigenvalue weighted by Gasteiger charge is 2.70. The maximum absolute atomic E-state index is 14.4. The largest absolute Gasteiger partial charge is 0.346 e. The number of Topliss-reactive ketones (excluding diaryl/α,β-unsaturated/α-hetero) is 1. The van der Waals surface area contributed by atoms with Gasteiger partial charge in [-0.1, -0.05) is 66.4 Å². The topological polar surface area (TPSA) is 171 Å². The van der Waals surface area contributed by atoms with Crippen LogP contribution in [-0.4, -0.2) is 90.1 Å². The number of amides is 5. The Bertz CT molecular complexity index is 1410. The van der Waals surface area contributed by atoms with E-state index in [4.69, 9.17) is 0 Å². The average Bonchev–Trinajstić information content (AvgIpc) is 3.84. The number of urea groups is 1. The second-order valence-electron chi connectivity index (χ2n) is 17.0. The van der Waals surface area contributed by atoms with Gasteiger partial charge in [0.15, 0.2) is 9.84 Å². The summed E-state index contributed by atoms with van der Waals surface area (Å²) < 4.78 is 25.8. The van der Waals surface area contributed by atoms with Crippen molar-refractivity contribution in [1.29, 1.82) is 0 Å². The fourth-order valence-electron chi connectivity index (χ4n) is 7.64. The van der Waals surface area contributed by atoms with Crippen LogP contribution in [0.1, 0.15) is 100 Å². The number of ketones is 1. The van der Waals surface area contributed by atoms with Crippen molar-refractivity contribution in [1.82, 2.24) is 26.2 Å². The summed E-state index contributed by atoms with van der Waals surface area (Å²) in [7, 11) is -3.56. The highest BCUT2D eigenvalue weighted by molar-refractivity contribution is 7.93. The van der Waals surface area contributed by atoms with Crippen LogP contribution < -0.4 is 21.3 Å². The molecule has 0 aromatic carbocycles. The van der Waals surface area contributed by atoms with Crippen molar-refractivity contribution in [3.63, 3.8) is 0 Å². The van der Waals surface area contributed by atoms with Crippen LogP contribution in [0.25, 0.3) is 0 Å². The molecule has 13 heteroatoms. The quantitative estimate of drug-likeness (QED) is 0.180. The molecule has 0 radical (unpaired) electrons. The molecule has 48 heavy (non-hydrogen) atoms. The van der Waals surface area contributed by atoms with E-state index in [-0.39, 0.29) is 29.7 Å². The number of sulfone groups is 1. The normalized spacial score (nSPS) is 27.9. The fourth-order valence-corrected chi connectivity index (χ4v) is 9.66. The average molecular weight is 692 g/mol. The Hall–Kier alpha value is -2.96. The standard InChI is InChI=1S/C35H57N5O7S/c1-10-17-36-30(43)27(41)23(18-20-15-16-20)37-29(42)26-25-21(35(25,8)9)19-40(26)31(44)28(33(2,3)4)39-32(45)38-22-13-11-12-14-24(22)48(46,47)34(5,6)7/h10,20-26,28H,1,11-19H2,2-9H3,(H,36,43)(H,37,42)(H2,38,39,45)/t21-,22-,23?,24+,25-,26-,28+/m0/s1. The van der Waals surface area contributed by atoms with Gasteiger partial charge in [-0.2, -0.15) is 0 Å². The summed E-state index contributed by atoms with van der Waals surface area (Å²) >= 11 is 0. The van der Waals surface area contributed by atoms with Gasteiger partial charge in [-0.05, 0) is 68.6 Å². The number of nitrogens with zero attached hydrogens (tertiary/aromatic N) is 1. The molecule has 3 saturated carbocycles. The third-order valence-corrected chi connectivity index (χ3v) is 14.0. The first-order valence-corrected chi connectivity index (χ1v) is 19.0. The van der Waals surface area contributed by atoms with Gasteiger partial charge >= 0.3 is 6.03 Å². The summed E-state index contributed by atoms with van der Waals surface area (Å²) in [6.07, 6.45) is 6.17. The van der Waals surface area contributed by atoms with E-state index in [1.165, 1.54) is 11.0 Å². The van der Waals surface area contributed by atoms with Crippen molar-refractivity contribution in [3.05, 3.63) is 12.7 Å². The molecular formula is C35H57N5O7S. The highest BCUT2D eigenvalue weighted by Crippen LogP contribution is 2.65. The fraction of sp³-hybridized carbons (Fsp3) is 0.800. The zero-order valence-electron chi connectivity index (χ0n) is 30.0. The van der Waals surface area contributed by atoms with Crippen LogP contribution in [-0.2, 0) is 29.0 Å². The second-order valence-corrected chi connectivity index (χ2v) is 19.9. The second kappa shape index (κ2) is 13.7. The number of piperidine rings is 1. The van der Waals surface area contributed by atoms with E-state index in [1.807, 2.05) is 20.8 Å². The minimum Gasteiger partial charge on any atom is -0.346 e. The third kappa shape index (κ3) is 7.91. The van der Waals surface area contributed by atoms with E-state index >= 15 is 0 Å². The Kier molecular flexibility index (Phi) is 10.8. The summed E-state index contributed by atoms with van der Waals surface area (Å²) in [6.45, 7) is 18.6. The molecule has 4 N–H and O–H groups in total. The lowest BCUT2D eigenvalue weighted by Gasteiger charge is -2.39. The molecule has 7 atom stereocenters. The van der Waals surface area contributed by atoms with Crippen molar-refractivity contribution in [2.24, 2.45) is 28.6 Å². The van der Waals surface area contributed by atoms with Crippen molar-refractivity contribution >= 4 is 39.4 Å². The molecule has 0 aromatic rings. The van der Waals surface area contributed by atoms with Crippen LogP contribution >= 0.6 is 0 Å². The molecule has 1 heterocycles. The Morgan fingerprint density at radius 1 is 0.958 bits per heavy atom. The van der Waals surface area contributed by atoms with E-state index in [2.05, 4.69) is 41.7 Å². The highest BCUT2D eigenvalue weighted by atomic mass is 32.2. The molecule has 4 fully saturated rings. The lowest BCUT2D eigenvalue weighted by molar-refractivity contribution is -0.145. The lowest BCUT2D eigenvalue weighted by atomic mass is 9.85. The molecular weight excluding hydrogens is 634 g/mol. The van der Waals surface area contributed by atoms with Gasteiger partial charge < -0.3 is 26.2 Å². The SMILES string of the molecule is C=CCNC(=O)C(=O)C(CC1CC1)NC(=O)[C@@H]1[C@@H]2[C@H](CN1C(=O)[C@@H](NC(=O)N[C@H]1CCCC[C@H]1S(=O)(=O)C(C)(C)C)C(C)(C)C)C2(C)C. The number of nitrogens with one attached hydrogen (secondary N) is 4. The number of hydrogen-bond acceptors (Lipinski definition) is 7. The molecule has 0 aromatic heterocycles. The summed E-state index contributed by atoms with van der Waals surface area (Å²) in [6, 6.07) is -4.14. The maximum Gasteiger partial charge on any atom is 0.315 e. The number of fused-ring (bicyclic) bond motifs is 1. The van der Waals surface area contributed by atoms with Crippen molar-refractivity contribution < 1.29 is 32.4 Å². The van der Waals surface area contributed by atoms with E-state index in [0.717, 1.165) is 25.7 Å². The van der Waals surface area contributed by atoms with E-state index < -0.39 is 79.0 Å². The maximum atomic E-state index is 14.4. The lowest BCUT2D eigenvalue weighted by Crippen LogP contribution is -2.62. The number of likely N-dealkylation sites (tertiary alicyclic amines) is 1. The van der Waals surface area contributed by atoms with Crippen LogP contribution in [0.15, 0.2) is 12.7 Å².